The third-order valence-corrected chi connectivity index (χ3v) is 4.32. The van der Waals surface area contributed by atoms with Crippen LogP contribution in [0.15, 0.2) is 55.0 Å². The standard InChI is InChI=1S/C19H20F3N3/c1-14(7-10-25-11-8-16-6-9-23-13-18(16)25)24-12-15-2-4-17(5-3-15)19(20,21)22/h2-6,8-9,11,13-14,24H,7,10,12H2,1H3/t14-/m0/s1. The van der Waals surface area contributed by atoms with Gasteiger partial charge in [0.1, 0.15) is 0 Å². The highest BCUT2D eigenvalue weighted by atomic mass is 19.4. The summed E-state index contributed by atoms with van der Waals surface area (Å²) in [5.41, 5.74) is 1.34. The van der Waals surface area contributed by atoms with Crippen LogP contribution in [-0.4, -0.2) is 15.6 Å². The van der Waals surface area contributed by atoms with E-state index in [4.69, 9.17) is 0 Å². The number of alkyl halides is 3. The number of aryl methyl sites for hydroxylation is 1. The van der Waals surface area contributed by atoms with Gasteiger partial charge in [-0.15, -0.1) is 0 Å². The van der Waals surface area contributed by atoms with Crippen LogP contribution >= 0.6 is 0 Å². The average molecular weight is 347 g/mol. The van der Waals surface area contributed by atoms with Gasteiger partial charge >= 0.3 is 6.18 Å². The zero-order valence-electron chi connectivity index (χ0n) is 13.9. The lowest BCUT2D eigenvalue weighted by molar-refractivity contribution is -0.137. The Hall–Kier alpha value is -2.34. The summed E-state index contributed by atoms with van der Waals surface area (Å²) < 4.78 is 39.8. The molecule has 2 heterocycles. The number of nitrogens with one attached hydrogen (secondary N) is 1. The molecule has 0 fully saturated rings. The summed E-state index contributed by atoms with van der Waals surface area (Å²) in [7, 11) is 0. The van der Waals surface area contributed by atoms with Crippen LogP contribution in [0.3, 0.4) is 0 Å². The Morgan fingerprint density at radius 3 is 2.60 bits per heavy atom. The molecule has 0 radical (unpaired) electrons. The van der Waals surface area contributed by atoms with Crippen LogP contribution in [-0.2, 0) is 19.3 Å². The maximum absolute atomic E-state index is 12.6. The van der Waals surface area contributed by atoms with E-state index in [-0.39, 0.29) is 6.04 Å². The minimum atomic E-state index is -4.28. The zero-order valence-corrected chi connectivity index (χ0v) is 13.9. The van der Waals surface area contributed by atoms with E-state index in [1.54, 1.807) is 6.20 Å². The maximum Gasteiger partial charge on any atom is 0.416 e. The highest BCUT2D eigenvalue weighted by Crippen LogP contribution is 2.29. The van der Waals surface area contributed by atoms with E-state index in [0.29, 0.717) is 6.54 Å². The summed E-state index contributed by atoms with van der Waals surface area (Å²) in [6.07, 6.45) is 2.32. The van der Waals surface area contributed by atoms with Crippen LogP contribution in [0.2, 0.25) is 0 Å². The third kappa shape index (κ3) is 4.39. The Balaban J connectivity index is 1.50. The Labute approximate surface area is 144 Å². The first kappa shape index (κ1) is 17.5. The van der Waals surface area contributed by atoms with Gasteiger partial charge in [0.05, 0.1) is 17.3 Å². The fourth-order valence-corrected chi connectivity index (χ4v) is 2.76. The second-order valence-corrected chi connectivity index (χ2v) is 6.21. The van der Waals surface area contributed by atoms with Crippen molar-refractivity contribution in [2.75, 3.05) is 0 Å². The molecule has 0 aliphatic heterocycles. The molecule has 0 spiro atoms. The van der Waals surface area contributed by atoms with Gasteiger partial charge in [-0.3, -0.25) is 4.98 Å². The predicted molar refractivity (Wildman–Crippen MR) is 92.1 cm³/mol. The van der Waals surface area contributed by atoms with Gasteiger partial charge in [0, 0.05) is 36.9 Å². The molecule has 3 rings (SSSR count). The van der Waals surface area contributed by atoms with Gasteiger partial charge in [-0.2, -0.15) is 13.2 Å². The van der Waals surface area contributed by atoms with Crippen molar-refractivity contribution in [2.45, 2.75) is 38.7 Å². The Bertz CT molecular complexity index is 822. The minimum absolute atomic E-state index is 0.247. The molecule has 2 aromatic heterocycles. The number of pyridine rings is 1. The molecule has 132 valence electrons. The van der Waals surface area contributed by atoms with Crippen molar-refractivity contribution >= 4 is 10.9 Å². The van der Waals surface area contributed by atoms with Gasteiger partial charge in [0.15, 0.2) is 0 Å². The van der Waals surface area contributed by atoms with Crippen molar-refractivity contribution in [1.29, 1.82) is 0 Å². The fourth-order valence-electron chi connectivity index (χ4n) is 2.76. The Kier molecular flexibility index (Phi) is 5.08. The van der Waals surface area contributed by atoms with Crippen molar-refractivity contribution in [3.63, 3.8) is 0 Å². The lowest BCUT2D eigenvalue weighted by Crippen LogP contribution is -2.26. The topological polar surface area (TPSA) is 29.9 Å². The molecule has 1 N–H and O–H groups in total. The molecule has 0 aliphatic rings. The predicted octanol–water partition coefficient (Wildman–Crippen LogP) is 4.62. The molecule has 0 amide bonds. The van der Waals surface area contributed by atoms with E-state index >= 15 is 0 Å². The minimum Gasteiger partial charge on any atom is -0.346 e. The van der Waals surface area contributed by atoms with Gasteiger partial charge in [0.25, 0.3) is 0 Å². The van der Waals surface area contributed by atoms with Crippen LogP contribution in [0.1, 0.15) is 24.5 Å². The molecule has 1 aromatic carbocycles. The van der Waals surface area contributed by atoms with Crippen molar-refractivity contribution in [3.8, 4) is 0 Å². The maximum atomic E-state index is 12.6. The Morgan fingerprint density at radius 1 is 1.12 bits per heavy atom. The monoisotopic (exact) mass is 347 g/mol. The average Bonchev–Trinajstić information content (AvgIpc) is 3.01. The Morgan fingerprint density at radius 2 is 1.88 bits per heavy atom. The van der Waals surface area contributed by atoms with Gasteiger partial charge in [-0.25, -0.2) is 0 Å². The smallest absolute Gasteiger partial charge is 0.346 e. The number of hydrogen-bond donors (Lipinski definition) is 1. The van der Waals surface area contributed by atoms with E-state index in [0.717, 1.165) is 36.2 Å². The molecular formula is C19H20F3N3. The number of nitrogens with zero attached hydrogens (tertiary/aromatic N) is 2. The first-order valence-electron chi connectivity index (χ1n) is 8.22. The molecule has 0 saturated carbocycles. The zero-order chi connectivity index (χ0) is 17.9. The molecule has 0 bridgehead atoms. The summed E-state index contributed by atoms with van der Waals surface area (Å²) in [4.78, 5) is 4.16. The van der Waals surface area contributed by atoms with E-state index in [1.807, 2.05) is 12.3 Å². The number of halogens is 3. The van der Waals surface area contributed by atoms with Crippen LogP contribution in [0.4, 0.5) is 13.2 Å². The lowest BCUT2D eigenvalue weighted by atomic mass is 10.1. The number of benzene rings is 1. The van der Waals surface area contributed by atoms with Gasteiger partial charge < -0.3 is 9.88 Å². The quantitative estimate of drug-likeness (QED) is 0.705. The van der Waals surface area contributed by atoms with Gasteiger partial charge in [-0.1, -0.05) is 12.1 Å². The van der Waals surface area contributed by atoms with Crippen molar-refractivity contribution < 1.29 is 13.2 Å². The second-order valence-electron chi connectivity index (χ2n) is 6.21. The number of rotatable bonds is 6. The summed E-state index contributed by atoms with van der Waals surface area (Å²) >= 11 is 0. The summed E-state index contributed by atoms with van der Waals surface area (Å²) in [5, 5.41) is 4.52. The normalized spacial score (nSPS) is 13.3. The van der Waals surface area contributed by atoms with Crippen LogP contribution in [0.5, 0.6) is 0 Å². The van der Waals surface area contributed by atoms with E-state index in [2.05, 4.69) is 34.1 Å². The molecule has 0 aliphatic carbocycles. The largest absolute Gasteiger partial charge is 0.416 e. The lowest BCUT2D eigenvalue weighted by Gasteiger charge is -2.15. The second kappa shape index (κ2) is 7.27. The van der Waals surface area contributed by atoms with Crippen molar-refractivity contribution in [1.82, 2.24) is 14.9 Å². The molecule has 25 heavy (non-hydrogen) atoms. The highest BCUT2D eigenvalue weighted by Gasteiger charge is 2.29. The molecule has 3 aromatic rings. The molecule has 0 unspecified atom stereocenters. The molecule has 3 nitrogen and oxygen atoms in total. The molecule has 1 atom stereocenters. The fraction of sp³-hybridized carbons (Fsp3) is 0.316. The molecule has 6 heteroatoms. The molecule has 0 saturated heterocycles. The van der Waals surface area contributed by atoms with Crippen LogP contribution in [0.25, 0.3) is 10.9 Å². The van der Waals surface area contributed by atoms with Crippen LogP contribution in [0, 0.1) is 0 Å². The summed E-state index contributed by atoms with van der Waals surface area (Å²) in [6, 6.07) is 9.59. The van der Waals surface area contributed by atoms with E-state index in [1.165, 1.54) is 17.5 Å². The third-order valence-electron chi connectivity index (χ3n) is 4.32. The van der Waals surface area contributed by atoms with Crippen molar-refractivity contribution in [2.24, 2.45) is 0 Å². The number of fused-ring (bicyclic) bond motifs is 1. The van der Waals surface area contributed by atoms with Gasteiger partial charge in [0.2, 0.25) is 0 Å². The summed E-state index contributed by atoms with van der Waals surface area (Å²) in [5.74, 6) is 0. The van der Waals surface area contributed by atoms with Crippen molar-refractivity contribution in [3.05, 3.63) is 66.1 Å². The van der Waals surface area contributed by atoms with Crippen LogP contribution < -0.4 is 5.32 Å². The number of aromatic nitrogens is 2. The first-order chi connectivity index (χ1) is 11.9. The molecular weight excluding hydrogens is 327 g/mol. The van der Waals surface area contributed by atoms with E-state index in [9.17, 15) is 13.2 Å². The first-order valence-corrected chi connectivity index (χ1v) is 8.22. The van der Waals surface area contributed by atoms with E-state index < -0.39 is 11.7 Å². The highest BCUT2D eigenvalue weighted by molar-refractivity contribution is 5.78. The van der Waals surface area contributed by atoms with Gasteiger partial charge in [-0.05, 0) is 43.2 Å². The SMILES string of the molecule is C[C@@H](CCn1ccc2ccncc21)NCc1ccc(C(F)(F)F)cc1. The number of hydrogen-bond acceptors (Lipinski definition) is 2. The summed E-state index contributed by atoms with van der Waals surface area (Å²) in [6.45, 7) is 3.48.